The summed E-state index contributed by atoms with van der Waals surface area (Å²) in [6.07, 6.45) is 4.62. The SMILES string of the molecule is N#CC(=Cc1ccc(-n2cncn2)cc1)C(=O)NCc1ccccc1. The zero-order valence-corrected chi connectivity index (χ0v) is 13.3. The van der Waals surface area contributed by atoms with Crippen LogP contribution in [-0.4, -0.2) is 20.7 Å². The Labute approximate surface area is 145 Å². The third-order valence-electron chi connectivity index (χ3n) is 3.55. The lowest BCUT2D eigenvalue weighted by Crippen LogP contribution is -2.23. The van der Waals surface area contributed by atoms with E-state index in [1.165, 1.54) is 6.33 Å². The van der Waals surface area contributed by atoms with Crippen molar-refractivity contribution < 1.29 is 4.79 Å². The molecule has 0 radical (unpaired) electrons. The number of benzene rings is 2. The molecule has 1 heterocycles. The lowest BCUT2D eigenvalue weighted by atomic mass is 10.1. The minimum Gasteiger partial charge on any atom is -0.347 e. The van der Waals surface area contributed by atoms with E-state index in [0.717, 1.165) is 16.8 Å². The number of rotatable bonds is 5. The van der Waals surface area contributed by atoms with Gasteiger partial charge in [0.15, 0.2) is 0 Å². The van der Waals surface area contributed by atoms with Crippen LogP contribution < -0.4 is 5.32 Å². The van der Waals surface area contributed by atoms with Crippen molar-refractivity contribution in [2.45, 2.75) is 6.54 Å². The number of carbonyl (C=O) groups is 1. The summed E-state index contributed by atoms with van der Waals surface area (Å²) in [5, 5.41) is 16.1. The van der Waals surface area contributed by atoms with Crippen molar-refractivity contribution in [2.75, 3.05) is 0 Å². The van der Waals surface area contributed by atoms with E-state index in [4.69, 9.17) is 0 Å². The Kier molecular flexibility index (Phi) is 4.98. The van der Waals surface area contributed by atoms with Gasteiger partial charge in [-0.05, 0) is 29.3 Å². The van der Waals surface area contributed by atoms with Crippen molar-refractivity contribution >= 4 is 12.0 Å². The smallest absolute Gasteiger partial charge is 0.262 e. The third-order valence-corrected chi connectivity index (χ3v) is 3.55. The Hall–Kier alpha value is -3.72. The summed E-state index contributed by atoms with van der Waals surface area (Å²) >= 11 is 0. The molecule has 0 unspecified atom stereocenters. The molecular weight excluding hydrogens is 314 g/mol. The lowest BCUT2D eigenvalue weighted by Gasteiger charge is -2.05. The molecule has 0 atom stereocenters. The number of nitrogens with zero attached hydrogens (tertiary/aromatic N) is 4. The molecule has 6 nitrogen and oxygen atoms in total. The van der Waals surface area contributed by atoms with Crippen LogP contribution in [0.1, 0.15) is 11.1 Å². The average molecular weight is 329 g/mol. The molecule has 1 amide bonds. The second-order valence-corrected chi connectivity index (χ2v) is 5.27. The topological polar surface area (TPSA) is 83.6 Å². The lowest BCUT2D eigenvalue weighted by molar-refractivity contribution is -0.117. The average Bonchev–Trinajstić information content (AvgIpc) is 3.20. The molecule has 0 aliphatic rings. The van der Waals surface area contributed by atoms with Gasteiger partial charge in [0.25, 0.3) is 5.91 Å². The molecule has 0 bridgehead atoms. The fourth-order valence-electron chi connectivity index (χ4n) is 2.25. The molecule has 0 fully saturated rings. The molecule has 2 aromatic carbocycles. The first-order valence-corrected chi connectivity index (χ1v) is 7.65. The van der Waals surface area contributed by atoms with Crippen molar-refractivity contribution in [2.24, 2.45) is 0 Å². The van der Waals surface area contributed by atoms with Crippen LogP contribution in [0.4, 0.5) is 0 Å². The van der Waals surface area contributed by atoms with E-state index in [0.29, 0.717) is 6.54 Å². The van der Waals surface area contributed by atoms with Crippen LogP contribution in [-0.2, 0) is 11.3 Å². The van der Waals surface area contributed by atoms with Crippen molar-refractivity contribution in [3.8, 4) is 11.8 Å². The third kappa shape index (κ3) is 4.18. The minimum atomic E-state index is -0.397. The van der Waals surface area contributed by atoms with Gasteiger partial charge in [0, 0.05) is 6.54 Å². The van der Waals surface area contributed by atoms with Crippen LogP contribution in [0.5, 0.6) is 0 Å². The molecule has 122 valence electrons. The van der Waals surface area contributed by atoms with Gasteiger partial charge in [-0.25, -0.2) is 9.67 Å². The van der Waals surface area contributed by atoms with Crippen molar-refractivity contribution in [1.82, 2.24) is 20.1 Å². The largest absolute Gasteiger partial charge is 0.347 e. The Morgan fingerprint density at radius 3 is 2.56 bits per heavy atom. The fraction of sp³-hybridized carbons (Fsp3) is 0.0526. The summed E-state index contributed by atoms with van der Waals surface area (Å²) in [6, 6.07) is 18.8. The van der Waals surface area contributed by atoms with Gasteiger partial charge in [0.1, 0.15) is 24.3 Å². The molecule has 3 aromatic rings. The van der Waals surface area contributed by atoms with Crippen molar-refractivity contribution in [3.63, 3.8) is 0 Å². The first-order chi connectivity index (χ1) is 12.3. The maximum Gasteiger partial charge on any atom is 0.262 e. The molecule has 0 saturated carbocycles. The van der Waals surface area contributed by atoms with E-state index in [1.807, 2.05) is 60.7 Å². The molecule has 0 aliphatic heterocycles. The second-order valence-electron chi connectivity index (χ2n) is 5.27. The Balaban J connectivity index is 1.69. The van der Waals surface area contributed by atoms with Crippen LogP contribution in [0, 0.1) is 11.3 Å². The van der Waals surface area contributed by atoms with Gasteiger partial charge in [-0.2, -0.15) is 10.4 Å². The van der Waals surface area contributed by atoms with Gasteiger partial charge >= 0.3 is 0 Å². The van der Waals surface area contributed by atoms with Crippen LogP contribution >= 0.6 is 0 Å². The first-order valence-electron chi connectivity index (χ1n) is 7.65. The van der Waals surface area contributed by atoms with E-state index < -0.39 is 5.91 Å². The van der Waals surface area contributed by atoms with Crippen LogP contribution in [0.2, 0.25) is 0 Å². The highest BCUT2D eigenvalue weighted by Crippen LogP contribution is 2.11. The molecular formula is C19H15N5O. The second kappa shape index (κ2) is 7.70. The predicted molar refractivity (Wildman–Crippen MR) is 93.2 cm³/mol. The van der Waals surface area contributed by atoms with Gasteiger partial charge in [0.05, 0.1) is 5.69 Å². The zero-order valence-electron chi connectivity index (χ0n) is 13.3. The summed E-state index contributed by atoms with van der Waals surface area (Å²) < 4.78 is 1.63. The fourth-order valence-corrected chi connectivity index (χ4v) is 2.25. The van der Waals surface area contributed by atoms with E-state index in [9.17, 15) is 10.1 Å². The predicted octanol–water partition coefficient (Wildman–Crippen LogP) is 2.49. The maximum absolute atomic E-state index is 12.2. The summed E-state index contributed by atoms with van der Waals surface area (Å²) in [6.45, 7) is 0.379. The Morgan fingerprint density at radius 2 is 1.92 bits per heavy atom. The van der Waals surface area contributed by atoms with Gasteiger partial charge in [-0.15, -0.1) is 0 Å². The number of nitriles is 1. The first kappa shape index (κ1) is 16.1. The molecule has 0 saturated heterocycles. The molecule has 6 heteroatoms. The normalized spacial score (nSPS) is 10.9. The van der Waals surface area contributed by atoms with Crippen molar-refractivity contribution in [3.05, 3.63) is 84.0 Å². The Morgan fingerprint density at radius 1 is 1.16 bits per heavy atom. The Bertz CT molecular complexity index is 907. The van der Waals surface area contributed by atoms with Crippen LogP contribution in [0.15, 0.2) is 72.8 Å². The van der Waals surface area contributed by atoms with E-state index in [2.05, 4.69) is 15.4 Å². The summed E-state index contributed by atoms with van der Waals surface area (Å²) in [4.78, 5) is 16.1. The quantitative estimate of drug-likeness (QED) is 0.576. The molecule has 0 aliphatic carbocycles. The summed E-state index contributed by atoms with van der Waals surface area (Å²) in [5.74, 6) is -0.397. The number of aromatic nitrogens is 3. The zero-order chi connectivity index (χ0) is 17.5. The highest BCUT2D eigenvalue weighted by atomic mass is 16.1. The van der Waals surface area contributed by atoms with Crippen molar-refractivity contribution in [1.29, 1.82) is 5.26 Å². The van der Waals surface area contributed by atoms with Crippen LogP contribution in [0.3, 0.4) is 0 Å². The molecule has 3 rings (SSSR count). The van der Waals surface area contributed by atoms with Gasteiger partial charge in [0.2, 0.25) is 0 Å². The highest BCUT2D eigenvalue weighted by molar-refractivity contribution is 6.01. The minimum absolute atomic E-state index is 0.0597. The number of hydrogen-bond donors (Lipinski definition) is 1. The summed E-state index contributed by atoms with van der Waals surface area (Å²) in [7, 11) is 0. The summed E-state index contributed by atoms with van der Waals surface area (Å²) in [5.41, 5.74) is 2.65. The number of nitrogens with one attached hydrogen (secondary N) is 1. The number of hydrogen-bond acceptors (Lipinski definition) is 4. The molecule has 1 aromatic heterocycles. The highest BCUT2D eigenvalue weighted by Gasteiger charge is 2.08. The van der Waals surface area contributed by atoms with E-state index in [1.54, 1.807) is 17.1 Å². The van der Waals surface area contributed by atoms with Gasteiger partial charge in [-0.1, -0.05) is 42.5 Å². The standard InChI is InChI=1S/C19H15N5O/c20-11-17(19(25)22-12-16-4-2-1-3-5-16)10-15-6-8-18(9-7-15)24-14-21-13-23-24/h1-10,13-14H,12H2,(H,22,25). The number of amides is 1. The van der Waals surface area contributed by atoms with E-state index in [-0.39, 0.29) is 5.57 Å². The van der Waals surface area contributed by atoms with Gasteiger partial charge in [-0.3, -0.25) is 4.79 Å². The molecule has 25 heavy (non-hydrogen) atoms. The monoisotopic (exact) mass is 329 g/mol. The van der Waals surface area contributed by atoms with E-state index >= 15 is 0 Å². The molecule has 1 N–H and O–H groups in total. The number of carbonyl (C=O) groups excluding carboxylic acids is 1. The maximum atomic E-state index is 12.2. The van der Waals surface area contributed by atoms with Crippen LogP contribution in [0.25, 0.3) is 11.8 Å². The van der Waals surface area contributed by atoms with Gasteiger partial charge < -0.3 is 5.32 Å². The molecule has 0 spiro atoms.